The molecule has 0 saturated carbocycles. The molecule has 0 atom stereocenters. The maximum atomic E-state index is 12.0. The number of ether oxygens (including phenoxy) is 1. The molecule has 0 aromatic carbocycles. The van der Waals surface area contributed by atoms with E-state index in [1.54, 1.807) is 21.7 Å². The van der Waals surface area contributed by atoms with Gasteiger partial charge in [0.05, 0.1) is 25.0 Å². The number of halogens is 1. The van der Waals surface area contributed by atoms with E-state index in [1.807, 2.05) is 12.3 Å². The molecule has 1 N–H and O–H groups in total. The van der Waals surface area contributed by atoms with Crippen LogP contribution >= 0.6 is 0 Å². The van der Waals surface area contributed by atoms with Crippen molar-refractivity contribution in [2.75, 3.05) is 26.3 Å². The van der Waals surface area contributed by atoms with Gasteiger partial charge in [0.25, 0.3) is 5.91 Å². The number of oxime groups is 1. The first-order valence-electron chi connectivity index (χ1n) is 5.81. The maximum absolute atomic E-state index is 12.0. The Hall–Kier alpha value is -1.66. The highest BCUT2D eigenvalue weighted by Crippen LogP contribution is 1.98. The van der Waals surface area contributed by atoms with Crippen molar-refractivity contribution in [2.45, 2.75) is 6.54 Å². The van der Waals surface area contributed by atoms with Crippen LogP contribution in [0.2, 0.25) is 0 Å². The van der Waals surface area contributed by atoms with Crippen LogP contribution in [-0.4, -0.2) is 48.5 Å². The second-order valence-corrected chi connectivity index (χ2v) is 4.05. The summed E-state index contributed by atoms with van der Waals surface area (Å²) in [6.45, 7) is 2.79. The topological polar surface area (TPSA) is 66.0 Å². The van der Waals surface area contributed by atoms with E-state index >= 15 is 0 Å². The molecule has 1 aliphatic rings. The molecule has 1 aliphatic heterocycles. The van der Waals surface area contributed by atoms with Crippen LogP contribution in [0.15, 0.2) is 29.7 Å². The zero-order valence-electron chi connectivity index (χ0n) is 10.4. The Labute approximate surface area is 117 Å². The molecule has 1 amide bonds. The summed E-state index contributed by atoms with van der Waals surface area (Å²) in [5, 5.41) is 11.4. The van der Waals surface area contributed by atoms with E-state index in [0.29, 0.717) is 26.3 Å². The van der Waals surface area contributed by atoms with Gasteiger partial charge in [-0.05, 0) is 6.07 Å². The summed E-state index contributed by atoms with van der Waals surface area (Å²) in [5.41, 5.74) is 0.745. The van der Waals surface area contributed by atoms with E-state index < -0.39 is 0 Å². The number of rotatable bonds is 3. The third-order valence-corrected chi connectivity index (χ3v) is 2.77. The van der Waals surface area contributed by atoms with Gasteiger partial charge in [-0.3, -0.25) is 4.79 Å². The maximum Gasteiger partial charge on any atom is 0.288 e. The molecule has 0 spiro atoms. The minimum absolute atomic E-state index is 0. The summed E-state index contributed by atoms with van der Waals surface area (Å²) in [7, 11) is 0. The van der Waals surface area contributed by atoms with Crippen molar-refractivity contribution in [3.63, 3.8) is 0 Å². The van der Waals surface area contributed by atoms with Gasteiger partial charge in [0.2, 0.25) is 6.54 Å². The lowest BCUT2D eigenvalue weighted by Gasteiger charge is -2.25. The lowest BCUT2D eigenvalue weighted by molar-refractivity contribution is -0.685. The van der Waals surface area contributed by atoms with Crippen molar-refractivity contribution in [3.05, 3.63) is 30.1 Å². The number of amides is 1. The number of aromatic nitrogens is 1. The van der Waals surface area contributed by atoms with Gasteiger partial charge in [-0.2, -0.15) is 4.57 Å². The molecular weight excluding hydrogens is 270 g/mol. The Kier molecular flexibility index (Phi) is 6.24. The van der Waals surface area contributed by atoms with Gasteiger partial charge in [-0.25, -0.2) is 0 Å². The van der Waals surface area contributed by atoms with Crippen molar-refractivity contribution < 1.29 is 31.7 Å². The molecule has 2 heterocycles. The molecule has 0 bridgehead atoms. The van der Waals surface area contributed by atoms with Gasteiger partial charge in [-0.15, -0.1) is 0 Å². The highest BCUT2D eigenvalue weighted by molar-refractivity contribution is 5.78. The fourth-order valence-electron chi connectivity index (χ4n) is 1.85. The normalized spacial score (nSPS) is 15.3. The molecule has 0 radical (unpaired) electrons. The van der Waals surface area contributed by atoms with Crippen molar-refractivity contribution in [1.82, 2.24) is 4.90 Å². The standard InChI is InChI=1S/C12H15N3O3.ClH/c16-12(15-4-6-18-7-5-15)10-14-3-1-2-11(9-14)8-13-17;/h1-3,8-9H,4-7,10H2;1H. The molecule has 6 nitrogen and oxygen atoms in total. The number of carbonyl (C=O) groups is 1. The van der Waals surface area contributed by atoms with Crippen molar-refractivity contribution >= 4 is 12.1 Å². The smallest absolute Gasteiger partial charge is 0.288 e. The second kappa shape index (κ2) is 7.70. The lowest BCUT2D eigenvalue weighted by atomic mass is 10.3. The van der Waals surface area contributed by atoms with Crippen LogP contribution in [0.5, 0.6) is 0 Å². The van der Waals surface area contributed by atoms with Gasteiger partial charge in [-0.1, -0.05) is 5.16 Å². The molecule has 1 fully saturated rings. The summed E-state index contributed by atoms with van der Waals surface area (Å²) in [4.78, 5) is 13.8. The van der Waals surface area contributed by atoms with Gasteiger partial charge >= 0.3 is 0 Å². The minimum Gasteiger partial charge on any atom is -1.00 e. The van der Waals surface area contributed by atoms with Crippen LogP contribution in [0.3, 0.4) is 0 Å². The largest absolute Gasteiger partial charge is 1.00 e. The highest BCUT2D eigenvalue weighted by atomic mass is 35.5. The van der Waals surface area contributed by atoms with E-state index in [1.165, 1.54) is 6.21 Å². The van der Waals surface area contributed by atoms with Crippen molar-refractivity contribution in [1.29, 1.82) is 0 Å². The van der Waals surface area contributed by atoms with Crippen LogP contribution in [0.1, 0.15) is 5.56 Å². The molecule has 7 heteroatoms. The van der Waals surface area contributed by atoms with E-state index in [2.05, 4.69) is 5.16 Å². The zero-order valence-corrected chi connectivity index (χ0v) is 11.2. The molecule has 0 unspecified atom stereocenters. The summed E-state index contributed by atoms with van der Waals surface area (Å²) < 4.78 is 6.98. The van der Waals surface area contributed by atoms with Crippen LogP contribution in [0, 0.1) is 0 Å². The fourth-order valence-corrected chi connectivity index (χ4v) is 1.85. The van der Waals surface area contributed by atoms with Gasteiger partial charge in [0, 0.05) is 19.2 Å². The van der Waals surface area contributed by atoms with Gasteiger partial charge < -0.3 is 27.3 Å². The van der Waals surface area contributed by atoms with E-state index in [-0.39, 0.29) is 24.9 Å². The Bertz CT molecular complexity index is 448. The monoisotopic (exact) mass is 285 g/mol. The lowest BCUT2D eigenvalue weighted by Crippen LogP contribution is -3.00. The van der Waals surface area contributed by atoms with Crippen molar-refractivity contribution in [3.8, 4) is 0 Å². The average molecular weight is 286 g/mol. The van der Waals surface area contributed by atoms with Gasteiger partial charge in [0.1, 0.15) is 0 Å². The van der Waals surface area contributed by atoms with Crippen LogP contribution < -0.4 is 17.0 Å². The number of hydrogen-bond donors (Lipinski definition) is 1. The number of hydrogen-bond acceptors (Lipinski definition) is 4. The van der Waals surface area contributed by atoms with Crippen molar-refractivity contribution in [2.24, 2.45) is 5.16 Å². The van der Waals surface area contributed by atoms with Crippen LogP contribution in [-0.2, 0) is 16.1 Å². The molecule has 19 heavy (non-hydrogen) atoms. The van der Waals surface area contributed by atoms with E-state index in [0.717, 1.165) is 5.56 Å². The quantitative estimate of drug-likeness (QED) is 0.273. The summed E-state index contributed by atoms with van der Waals surface area (Å²) in [6.07, 6.45) is 4.90. The molecule has 104 valence electrons. The first kappa shape index (κ1) is 15.4. The predicted molar refractivity (Wildman–Crippen MR) is 63.4 cm³/mol. The second-order valence-electron chi connectivity index (χ2n) is 4.05. The number of nitrogens with zero attached hydrogens (tertiary/aromatic N) is 3. The highest BCUT2D eigenvalue weighted by Gasteiger charge is 2.20. The average Bonchev–Trinajstić information content (AvgIpc) is 2.40. The molecular formula is C12H16ClN3O3. The number of carbonyl (C=O) groups excluding carboxylic acids is 1. The predicted octanol–water partition coefficient (Wildman–Crippen LogP) is -3.35. The SMILES string of the molecule is O=C(C[n+]1cccc(C=NO)c1)N1CCOCC1.[Cl-]. The third-order valence-electron chi connectivity index (χ3n) is 2.77. The minimum atomic E-state index is 0. The molecule has 0 aliphatic carbocycles. The zero-order chi connectivity index (χ0) is 12.8. The first-order chi connectivity index (χ1) is 8.79. The molecule has 1 saturated heterocycles. The molecule has 1 aromatic heterocycles. The Morgan fingerprint density at radius 1 is 1.53 bits per heavy atom. The third kappa shape index (κ3) is 4.50. The first-order valence-corrected chi connectivity index (χ1v) is 5.81. The van der Waals surface area contributed by atoms with Gasteiger partial charge in [0.15, 0.2) is 12.4 Å². The summed E-state index contributed by atoms with van der Waals surface area (Å²) in [5.74, 6) is 0.0707. The molecule has 2 rings (SSSR count). The van der Waals surface area contributed by atoms with Crippen LogP contribution in [0.25, 0.3) is 0 Å². The van der Waals surface area contributed by atoms with E-state index in [4.69, 9.17) is 9.94 Å². The summed E-state index contributed by atoms with van der Waals surface area (Å²) >= 11 is 0. The number of morpholine rings is 1. The van der Waals surface area contributed by atoms with Crippen LogP contribution in [0.4, 0.5) is 0 Å². The Morgan fingerprint density at radius 2 is 2.26 bits per heavy atom. The summed E-state index contributed by atoms with van der Waals surface area (Å²) in [6, 6.07) is 3.61. The number of pyridine rings is 1. The Morgan fingerprint density at radius 3 is 2.95 bits per heavy atom. The Balaban J connectivity index is 0.00000180. The fraction of sp³-hybridized carbons (Fsp3) is 0.417. The van der Waals surface area contributed by atoms with E-state index in [9.17, 15) is 4.79 Å². The molecule has 1 aromatic rings.